The van der Waals surface area contributed by atoms with Crippen molar-refractivity contribution in [3.8, 4) is 11.5 Å². The number of phenolic OH excluding ortho intramolecular Hbond substituents is 1. The van der Waals surface area contributed by atoms with Crippen LogP contribution in [-0.2, 0) is 13.0 Å². The summed E-state index contributed by atoms with van der Waals surface area (Å²) in [6.45, 7) is 5.34. The molecule has 6 nitrogen and oxygen atoms in total. The molecule has 2 aromatic rings. The summed E-state index contributed by atoms with van der Waals surface area (Å²) >= 11 is 1.67. The molecular formula is C18H22N3O3S+. The summed E-state index contributed by atoms with van der Waals surface area (Å²) in [4.78, 5) is 15.6. The summed E-state index contributed by atoms with van der Waals surface area (Å²) < 4.78 is 5.17. The number of thiophene rings is 1. The number of hydrogen-bond donors (Lipinski definition) is 4. The van der Waals surface area contributed by atoms with Crippen molar-refractivity contribution in [2.24, 2.45) is 0 Å². The number of fused-ring (bicyclic) bond motifs is 3. The van der Waals surface area contributed by atoms with Gasteiger partial charge in [-0.25, -0.2) is 0 Å². The number of anilines is 1. The maximum Gasteiger partial charge on any atom is 0.256 e. The van der Waals surface area contributed by atoms with E-state index in [0.717, 1.165) is 36.6 Å². The Morgan fingerprint density at radius 1 is 1.40 bits per heavy atom. The van der Waals surface area contributed by atoms with Crippen LogP contribution in [0.1, 0.15) is 39.5 Å². The smallest absolute Gasteiger partial charge is 0.256 e. The Balaban J connectivity index is 1.69. The number of phenols is 1. The van der Waals surface area contributed by atoms with Gasteiger partial charge < -0.3 is 25.4 Å². The molecular weight excluding hydrogens is 338 g/mol. The third-order valence-electron chi connectivity index (χ3n) is 5.07. The average molecular weight is 360 g/mol. The van der Waals surface area contributed by atoms with Crippen molar-refractivity contribution in [2.45, 2.75) is 26.1 Å². The van der Waals surface area contributed by atoms with Gasteiger partial charge in [-0.05, 0) is 18.6 Å². The molecule has 0 saturated carbocycles. The van der Waals surface area contributed by atoms with Crippen LogP contribution in [0.2, 0.25) is 0 Å². The second kappa shape index (κ2) is 6.24. The predicted octanol–water partition coefficient (Wildman–Crippen LogP) is 1.28. The van der Waals surface area contributed by atoms with E-state index in [0.29, 0.717) is 11.3 Å². The number of aromatic hydroxyl groups is 1. The molecule has 0 bridgehead atoms. The van der Waals surface area contributed by atoms with E-state index in [9.17, 15) is 9.90 Å². The molecule has 1 unspecified atom stereocenters. The second-order valence-electron chi connectivity index (χ2n) is 6.44. The number of amides is 1. The van der Waals surface area contributed by atoms with Gasteiger partial charge in [0, 0.05) is 12.0 Å². The highest BCUT2D eigenvalue weighted by atomic mass is 32.1. The number of carbonyl (C=O) groups is 1. The molecule has 1 aromatic carbocycles. The first-order valence-corrected chi connectivity index (χ1v) is 9.35. The van der Waals surface area contributed by atoms with Gasteiger partial charge in [0.1, 0.15) is 17.7 Å². The number of rotatable bonds is 3. The van der Waals surface area contributed by atoms with Gasteiger partial charge in [0.05, 0.1) is 30.6 Å². The van der Waals surface area contributed by atoms with Crippen molar-refractivity contribution in [1.82, 2.24) is 5.32 Å². The minimum absolute atomic E-state index is 0.0502. The van der Waals surface area contributed by atoms with E-state index in [-0.39, 0.29) is 11.7 Å². The molecule has 0 radical (unpaired) electrons. The van der Waals surface area contributed by atoms with Crippen LogP contribution in [0, 0.1) is 0 Å². The molecule has 2 aliphatic heterocycles. The van der Waals surface area contributed by atoms with Crippen LogP contribution >= 0.6 is 11.3 Å². The van der Waals surface area contributed by atoms with Crippen molar-refractivity contribution in [3.63, 3.8) is 0 Å². The molecule has 0 fully saturated rings. The van der Waals surface area contributed by atoms with Crippen LogP contribution in [0.5, 0.6) is 11.5 Å². The Morgan fingerprint density at radius 3 is 3.00 bits per heavy atom. The summed E-state index contributed by atoms with van der Waals surface area (Å²) in [5.41, 5.74) is 2.58. The number of methoxy groups -OCH3 is 1. The Bertz CT molecular complexity index is 833. The predicted molar refractivity (Wildman–Crippen MR) is 96.6 cm³/mol. The van der Waals surface area contributed by atoms with Gasteiger partial charge in [0.2, 0.25) is 0 Å². The maximum absolute atomic E-state index is 12.8. The SMILES string of the molecule is CC[NH+]1CCc2c(sc3c2C(=O)N[C@H](c2cccc(OC)c2O)N3)C1. The number of likely N-dealkylation sites (N-methyl/N-ethyl adjacent to an activating group) is 1. The topological polar surface area (TPSA) is 75.0 Å². The first-order chi connectivity index (χ1) is 12.1. The fourth-order valence-electron chi connectivity index (χ4n) is 3.64. The molecule has 4 N–H and O–H groups in total. The molecule has 0 aliphatic carbocycles. The monoisotopic (exact) mass is 360 g/mol. The molecule has 2 atom stereocenters. The van der Waals surface area contributed by atoms with E-state index >= 15 is 0 Å². The minimum Gasteiger partial charge on any atom is -0.504 e. The van der Waals surface area contributed by atoms with E-state index in [1.165, 1.54) is 17.6 Å². The third kappa shape index (κ3) is 2.63. The summed E-state index contributed by atoms with van der Waals surface area (Å²) in [5, 5.41) is 17.7. The lowest BCUT2D eigenvalue weighted by Crippen LogP contribution is -3.11. The quantitative estimate of drug-likeness (QED) is 0.665. The number of hydrogen-bond acceptors (Lipinski definition) is 5. The fourth-order valence-corrected chi connectivity index (χ4v) is 4.99. The van der Waals surface area contributed by atoms with Gasteiger partial charge in [-0.3, -0.25) is 4.79 Å². The summed E-state index contributed by atoms with van der Waals surface area (Å²) in [5.74, 6) is 0.375. The van der Waals surface area contributed by atoms with Gasteiger partial charge in [-0.15, -0.1) is 11.3 Å². The molecule has 4 rings (SSSR count). The Kier molecular flexibility index (Phi) is 4.05. The lowest BCUT2D eigenvalue weighted by Gasteiger charge is -2.28. The van der Waals surface area contributed by atoms with Crippen LogP contribution in [0.25, 0.3) is 0 Å². The zero-order valence-electron chi connectivity index (χ0n) is 14.3. The fraction of sp³-hybridized carbons (Fsp3) is 0.389. The highest BCUT2D eigenvalue weighted by Crippen LogP contribution is 2.41. The van der Waals surface area contributed by atoms with Crippen LogP contribution in [-0.4, -0.2) is 31.2 Å². The van der Waals surface area contributed by atoms with Crippen LogP contribution < -0.4 is 20.3 Å². The first kappa shape index (κ1) is 16.2. The molecule has 132 valence electrons. The summed E-state index contributed by atoms with van der Waals surface area (Å²) in [6, 6.07) is 5.29. The number of nitrogens with one attached hydrogen (secondary N) is 3. The van der Waals surface area contributed by atoms with Crippen LogP contribution in [0.4, 0.5) is 5.00 Å². The van der Waals surface area contributed by atoms with Gasteiger partial charge in [-0.1, -0.05) is 12.1 Å². The highest BCUT2D eigenvalue weighted by molar-refractivity contribution is 7.16. The number of ether oxygens (including phenoxy) is 1. The third-order valence-corrected chi connectivity index (χ3v) is 6.23. The van der Waals surface area contributed by atoms with E-state index in [4.69, 9.17) is 4.74 Å². The lowest BCUT2D eigenvalue weighted by atomic mass is 10.00. The van der Waals surface area contributed by atoms with Crippen LogP contribution in [0.15, 0.2) is 18.2 Å². The van der Waals surface area contributed by atoms with Crippen LogP contribution in [0.3, 0.4) is 0 Å². The summed E-state index contributed by atoms with van der Waals surface area (Å²) in [6.07, 6.45) is 0.471. The largest absolute Gasteiger partial charge is 0.504 e. The average Bonchev–Trinajstić information content (AvgIpc) is 2.99. The molecule has 7 heteroatoms. The van der Waals surface area contributed by atoms with Crippen molar-refractivity contribution in [1.29, 1.82) is 0 Å². The Labute approximate surface area is 150 Å². The first-order valence-electron chi connectivity index (χ1n) is 8.53. The van der Waals surface area contributed by atoms with Gasteiger partial charge in [0.15, 0.2) is 11.5 Å². The van der Waals surface area contributed by atoms with Crippen molar-refractivity contribution >= 4 is 22.2 Å². The Hall–Kier alpha value is -2.25. The van der Waals surface area contributed by atoms with E-state index in [1.807, 2.05) is 0 Å². The number of quaternary nitrogens is 1. The van der Waals surface area contributed by atoms with E-state index < -0.39 is 6.17 Å². The molecule has 2 aliphatic rings. The van der Waals surface area contributed by atoms with Gasteiger partial charge in [0.25, 0.3) is 5.91 Å². The molecule has 3 heterocycles. The lowest BCUT2D eigenvalue weighted by molar-refractivity contribution is -0.913. The Morgan fingerprint density at radius 2 is 2.24 bits per heavy atom. The maximum atomic E-state index is 12.8. The normalized spacial score (nSPS) is 21.8. The standard InChI is InChI=1S/C18H21N3O3S/c1-3-21-8-7-10-13(9-21)25-18-14(10)17(23)19-16(20-18)11-5-4-6-12(24-2)15(11)22/h4-6,16,20,22H,3,7-9H2,1-2H3,(H,19,23)/p+1/t16-/m0/s1. The van der Waals surface area contributed by atoms with Gasteiger partial charge >= 0.3 is 0 Å². The minimum atomic E-state index is -0.468. The molecule has 0 saturated heterocycles. The zero-order chi connectivity index (χ0) is 17.6. The zero-order valence-corrected chi connectivity index (χ0v) is 15.1. The van der Waals surface area contributed by atoms with Crippen molar-refractivity contribution in [3.05, 3.63) is 39.8 Å². The summed E-state index contributed by atoms with van der Waals surface area (Å²) in [7, 11) is 1.51. The molecule has 25 heavy (non-hydrogen) atoms. The van der Waals surface area contributed by atoms with E-state index in [2.05, 4.69) is 17.6 Å². The van der Waals surface area contributed by atoms with Crippen molar-refractivity contribution in [2.75, 3.05) is 25.5 Å². The highest BCUT2D eigenvalue weighted by Gasteiger charge is 2.35. The molecule has 0 spiro atoms. The molecule has 1 aromatic heterocycles. The van der Waals surface area contributed by atoms with Gasteiger partial charge in [-0.2, -0.15) is 0 Å². The second-order valence-corrected chi connectivity index (χ2v) is 7.54. The number of benzene rings is 1. The number of para-hydroxylation sites is 1. The molecule has 1 amide bonds. The number of carbonyl (C=O) groups excluding carboxylic acids is 1. The van der Waals surface area contributed by atoms with Crippen molar-refractivity contribution < 1.29 is 19.5 Å². The van der Waals surface area contributed by atoms with E-state index in [1.54, 1.807) is 34.4 Å².